The molecule has 1 aromatic carbocycles. The lowest BCUT2D eigenvalue weighted by Crippen LogP contribution is -2.39. The molecule has 0 atom stereocenters. The van der Waals surface area contributed by atoms with E-state index in [9.17, 15) is 22.8 Å². The van der Waals surface area contributed by atoms with Gasteiger partial charge in [-0.3, -0.25) is 9.89 Å². The molecule has 1 N–H and O–H groups in total. The number of nitrogens with zero attached hydrogens (tertiary/aromatic N) is 4. The maximum Gasteiger partial charge on any atom is 0.416 e. The van der Waals surface area contributed by atoms with Gasteiger partial charge in [-0.05, 0) is 12.1 Å². The minimum absolute atomic E-state index is 0.0223. The van der Waals surface area contributed by atoms with E-state index in [0.29, 0.717) is 9.95 Å². The number of hydrogen-bond acceptors (Lipinski definition) is 4. The first-order valence-corrected chi connectivity index (χ1v) is 6.96. The summed E-state index contributed by atoms with van der Waals surface area (Å²) in [5.74, 6) is 0. The van der Waals surface area contributed by atoms with E-state index in [1.165, 1.54) is 13.2 Å². The molecule has 0 bridgehead atoms. The van der Waals surface area contributed by atoms with Gasteiger partial charge in [-0.1, -0.05) is 0 Å². The molecular weight excluding hydrogens is 339 g/mol. The first kappa shape index (κ1) is 16.5. The van der Waals surface area contributed by atoms with Crippen molar-refractivity contribution in [3.8, 4) is 17.2 Å². The molecule has 7 nitrogen and oxygen atoms in total. The number of H-pyrrole nitrogens is 1. The second kappa shape index (κ2) is 5.62. The highest BCUT2D eigenvalue weighted by atomic mass is 19.4. The van der Waals surface area contributed by atoms with Crippen molar-refractivity contribution in [2.45, 2.75) is 12.7 Å². The third-order valence-electron chi connectivity index (χ3n) is 3.74. The van der Waals surface area contributed by atoms with Crippen LogP contribution >= 0.6 is 0 Å². The van der Waals surface area contributed by atoms with Gasteiger partial charge in [0.05, 0.1) is 28.9 Å². The van der Waals surface area contributed by atoms with Crippen molar-refractivity contribution in [3.05, 3.63) is 50.9 Å². The molecule has 3 aromatic rings. The van der Waals surface area contributed by atoms with Crippen molar-refractivity contribution in [2.24, 2.45) is 7.05 Å². The molecule has 0 radical (unpaired) electrons. The Balaban J connectivity index is 2.42. The quantitative estimate of drug-likeness (QED) is 0.760. The number of rotatable bonds is 2. The fourth-order valence-corrected chi connectivity index (χ4v) is 2.56. The summed E-state index contributed by atoms with van der Waals surface area (Å²) < 4.78 is 41.1. The minimum atomic E-state index is -4.62. The molecule has 0 fully saturated rings. The highest BCUT2D eigenvalue weighted by Crippen LogP contribution is 2.35. The van der Waals surface area contributed by atoms with Crippen molar-refractivity contribution in [3.63, 3.8) is 0 Å². The summed E-state index contributed by atoms with van der Waals surface area (Å²) in [5, 5.41) is 15.3. The summed E-state index contributed by atoms with van der Waals surface area (Å²) in [7, 11) is 1.35. The fourth-order valence-electron chi connectivity index (χ4n) is 2.56. The maximum absolute atomic E-state index is 13.1. The first-order valence-electron chi connectivity index (χ1n) is 6.96. The van der Waals surface area contributed by atoms with Crippen LogP contribution in [0.5, 0.6) is 0 Å². The van der Waals surface area contributed by atoms with Crippen LogP contribution in [0.1, 0.15) is 5.56 Å². The highest BCUT2D eigenvalue weighted by Gasteiger charge is 2.32. The molecule has 2 aromatic heterocycles. The maximum atomic E-state index is 13.1. The average molecular weight is 349 g/mol. The average Bonchev–Trinajstić information content (AvgIpc) is 3.02. The van der Waals surface area contributed by atoms with Crippen LogP contribution in [0.3, 0.4) is 0 Å². The van der Waals surface area contributed by atoms with Crippen molar-refractivity contribution < 1.29 is 13.2 Å². The van der Waals surface area contributed by atoms with Gasteiger partial charge in [-0.2, -0.15) is 23.5 Å². The van der Waals surface area contributed by atoms with Gasteiger partial charge in [0.15, 0.2) is 0 Å². The molecular formula is C15H10F3N5O2. The Hall–Kier alpha value is -3.35. The predicted octanol–water partition coefficient (Wildman–Crippen LogP) is 1.63. The van der Waals surface area contributed by atoms with Gasteiger partial charge >= 0.3 is 11.9 Å². The summed E-state index contributed by atoms with van der Waals surface area (Å²) in [6.45, 7) is -0.507. The molecule has 0 aliphatic rings. The number of halogens is 3. The Morgan fingerprint density at radius 3 is 2.64 bits per heavy atom. The normalized spacial score (nSPS) is 11.6. The third-order valence-corrected chi connectivity index (χ3v) is 3.74. The molecule has 0 saturated heterocycles. The Morgan fingerprint density at radius 2 is 2.00 bits per heavy atom. The molecule has 128 valence electrons. The lowest BCUT2D eigenvalue weighted by Gasteiger charge is -2.12. The lowest BCUT2D eigenvalue weighted by atomic mass is 10.0. The van der Waals surface area contributed by atoms with Gasteiger partial charge < -0.3 is 4.57 Å². The van der Waals surface area contributed by atoms with Crippen molar-refractivity contribution in [1.82, 2.24) is 19.3 Å². The number of aromatic amines is 1. The Kier molecular flexibility index (Phi) is 3.71. The monoisotopic (exact) mass is 349 g/mol. The predicted molar refractivity (Wildman–Crippen MR) is 81.6 cm³/mol. The lowest BCUT2D eigenvalue weighted by molar-refractivity contribution is -0.137. The standard InChI is InChI=1S/C15H10F3N5O2/c1-22-7-11(13(24)23(3-2-19)14(22)25)9-4-8(15(16,17)18)5-12-10(9)6-20-21-12/h4-7H,3H2,1H3,(H,20,21). The smallest absolute Gasteiger partial charge is 0.303 e. The van der Waals surface area contributed by atoms with Gasteiger partial charge in [-0.15, -0.1) is 0 Å². The third kappa shape index (κ3) is 2.69. The molecule has 0 aliphatic heterocycles. The van der Waals surface area contributed by atoms with Gasteiger partial charge in [0.25, 0.3) is 5.56 Å². The number of alkyl halides is 3. The van der Waals surface area contributed by atoms with E-state index in [0.717, 1.165) is 22.9 Å². The minimum Gasteiger partial charge on any atom is -0.303 e. The zero-order chi connectivity index (χ0) is 18.4. The van der Waals surface area contributed by atoms with Crippen molar-refractivity contribution >= 4 is 10.9 Å². The van der Waals surface area contributed by atoms with Crippen LogP contribution in [0.25, 0.3) is 22.0 Å². The molecule has 0 amide bonds. The first-order chi connectivity index (χ1) is 11.7. The van der Waals surface area contributed by atoms with E-state index < -0.39 is 29.5 Å². The van der Waals surface area contributed by atoms with Crippen LogP contribution in [0, 0.1) is 11.3 Å². The van der Waals surface area contributed by atoms with E-state index >= 15 is 0 Å². The Labute approximate surface area is 137 Å². The molecule has 0 spiro atoms. The Morgan fingerprint density at radius 1 is 1.28 bits per heavy atom. The molecule has 2 heterocycles. The van der Waals surface area contributed by atoms with Crippen molar-refractivity contribution in [2.75, 3.05) is 0 Å². The molecule has 0 unspecified atom stereocenters. The second-order valence-electron chi connectivity index (χ2n) is 5.34. The zero-order valence-electron chi connectivity index (χ0n) is 12.8. The van der Waals surface area contributed by atoms with Crippen molar-refractivity contribution in [1.29, 1.82) is 5.26 Å². The molecule has 0 aliphatic carbocycles. The summed E-state index contributed by atoms with van der Waals surface area (Å²) in [4.78, 5) is 24.5. The molecule has 0 saturated carbocycles. The topological polar surface area (TPSA) is 96.5 Å². The van der Waals surface area contributed by atoms with Crippen LogP contribution in [-0.2, 0) is 19.8 Å². The van der Waals surface area contributed by atoms with E-state index in [-0.39, 0.29) is 16.6 Å². The zero-order valence-corrected chi connectivity index (χ0v) is 12.8. The largest absolute Gasteiger partial charge is 0.416 e. The number of aryl methyl sites for hydroxylation is 1. The molecule has 25 heavy (non-hydrogen) atoms. The van der Waals surface area contributed by atoms with E-state index in [1.54, 1.807) is 6.07 Å². The second-order valence-corrected chi connectivity index (χ2v) is 5.34. The number of hydrogen-bond donors (Lipinski definition) is 1. The van der Waals surface area contributed by atoms with E-state index in [4.69, 9.17) is 5.26 Å². The van der Waals surface area contributed by atoms with Gasteiger partial charge in [0, 0.05) is 24.2 Å². The van der Waals surface area contributed by atoms with Gasteiger partial charge in [0.2, 0.25) is 0 Å². The summed E-state index contributed by atoms with van der Waals surface area (Å²) in [6, 6.07) is 3.41. The number of fused-ring (bicyclic) bond motifs is 1. The van der Waals surface area contributed by atoms with Crippen LogP contribution in [0.2, 0.25) is 0 Å². The molecule has 10 heteroatoms. The highest BCUT2D eigenvalue weighted by molar-refractivity contribution is 5.94. The van der Waals surface area contributed by atoms with E-state index in [2.05, 4.69) is 10.2 Å². The van der Waals surface area contributed by atoms with Crippen LogP contribution in [-0.4, -0.2) is 19.3 Å². The molecule has 3 rings (SSSR count). The summed E-state index contributed by atoms with van der Waals surface area (Å²) >= 11 is 0. The fraction of sp³-hybridized carbons (Fsp3) is 0.200. The SMILES string of the molecule is Cn1cc(-c2cc(C(F)(F)F)cc3[nH]ncc23)c(=O)n(CC#N)c1=O. The Bertz CT molecular complexity index is 1130. The number of benzene rings is 1. The number of nitrogens with one attached hydrogen (secondary N) is 1. The number of aromatic nitrogens is 4. The van der Waals surface area contributed by atoms with Crippen LogP contribution < -0.4 is 11.2 Å². The summed E-state index contributed by atoms with van der Waals surface area (Å²) in [6.07, 6.45) is -2.18. The van der Waals surface area contributed by atoms with Gasteiger partial charge in [-0.25, -0.2) is 9.36 Å². The van der Waals surface area contributed by atoms with Crippen LogP contribution in [0.4, 0.5) is 13.2 Å². The van der Waals surface area contributed by atoms with E-state index in [1.807, 2.05) is 0 Å². The number of nitriles is 1. The van der Waals surface area contributed by atoms with Gasteiger partial charge in [0.1, 0.15) is 6.54 Å². The van der Waals surface area contributed by atoms with Crippen LogP contribution in [0.15, 0.2) is 34.1 Å². The summed E-state index contributed by atoms with van der Waals surface area (Å²) in [5.41, 5.74) is -2.58.